The number of nitrogens with one attached hydrogen (secondary N) is 1. The van der Waals surface area contributed by atoms with E-state index in [1.54, 1.807) is 11.2 Å². The van der Waals surface area contributed by atoms with E-state index in [9.17, 15) is 4.79 Å². The van der Waals surface area contributed by atoms with Gasteiger partial charge in [-0.2, -0.15) is 0 Å². The topological polar surface area (TPSA) is 80.3 Å². The van der Waals surface area contributed by atoms with Crippen molar-refractivity contribution in [3.8, 4) is 0 Å². The number of aromatic nitrogens is 3. The highest BCUT2D eigenvalue weighted by Crippen LogP contribution is 2.36. The van der Waals surface area contributed by atoms with Crippen molar-refractivity contribution in [1.82, 2.24) is 19.9 Å². The Morgan fingerprint density at radius 2 is 2.27 bits per heavy atom. The second-order valence-corrected chi connectivity index (χ2v) is 7.26. The molecule has 2 aromatic heterocycles. The molecule has 1 N–H and O–H groups in total. The molecule has 1 amide bonds. The van der Waals surface area contributed by atoms with Crippen molar-refractivity contribution in [1.29, 1.82) is 0 Å². The van der Waals surface area contributed by atoms with Crippen molar-refractivity contribution in [2.45, 2.75) is 45.0 Å². The second-order valence-electron chi connectivity index (χ2n) is 7.26. The highest BCUT2D eigenvalue weighted by molar-refractivity contribution is 5.94. The van der Waals surface area contributed by atoms with E-state index in [0.29, 0.717) is 32.0 Å². The van der Waals surface area contributed by atoms with Crippen LogP contribution in [-0.4, -0.2) is 57.2 Å². The lowest BCUT2D eigenvalue weighted by atomic mass is 9.84. The normalized spacial score (nSPS) is 21.6. The molecule has 2 aliphatic heterocycles. The zero-order valence-electron chi connectivity index (χ0n) is 15.2. The second kappa shape index (κ2) is 6.81. The van der Waals surface area contributed by atoms with E-state index in [1.807, 2.05) is 32.0 Å². The van der Waals surface area contributed by atoms with Crippen LogP contribution in [0.4, 0.5) is 0 Å². The predicted molar refractivity (Wildman–Crippen MR) is 94.7 cm³/mol. The van der Waals surface area contributed by atoms with Gasteiger partial charge in [0.15, 0.2) is 0 Å². The summed E-state index contributed by atoms with van der Waals surface area (Å²) in [5.74, 6) is -0.0371. The van der Waals surface area contributed by atoms with Gasteiger partial charge in [0.25, 0.3) is 5.91 Å². The Morgan fingerprint density at radius 3 is 3.00 bits per heavy atom. The van der Waals surface area contributed by atoms with E-state index in [0.717, 1.165) is 29.9 Å². The van der Waals surface area contributed by atoms with Gasteiger partial charge in [-0.3, -0.25) is 9.78 Å². The minimum Gasteiger partial charge on any atom is -0.372 e. The minimum atomic E-state index is -0.275. The van der Waals surface area contributed by atoms with E-state index < -0.39 is 0 Å². The number of carbonyl (C=O) groups is 1. The third-order valence-electron chi connectivity index (χ3n) is 5.14. The van der Waals surface area contributed by atoms with Gasteiger partial charge < -0.3 is 19.4 Å². The fourth-order valence-electron chi connectivity index (χ4n) is 3.75. The van der Waals surface area contributed by atoms with Gasteiger partial charge in [0, 0.05) is 24.4 Å². The van der Waals surface area contributed by atoms with Crippen molar-refractivity contribution in [3.05, 3.63) is 47.3 Å². The average Bonchev–Trinajstić information content (AvgIpc) is 3.03. The van der Waals surface area contributed by atoms with Gasteiger partial charge >= 0.3 is 0 Å². The number of aryl methyl sites for hydroxylation is 2. The number of H-pyrrole nitrogens is 1. The third kappa shape index (κ3) is 3.37. The van der Waals surface area contributed by atoms with E-state index >= 15 is 0 Å². The summed E-state index contributed by atoms with van der Waals surface area (Å²) in [6.45, 7) is 6.21. The number of pyridine rings is 1. The van der Waals surface area contributed by atoms with Gasteiger partial charge in [0.2, 0.25) is 0 Å². The van der Waals surface area contributed by atoms with Gasteiger partial charge in [0.1, 0.15) is 11.3 Å². The molecule has 4 rings (SSSR count). The van der Waals surface area contributed by atoms with Crippen molar-refractivity contribution in [2.24, 2.45) is 0 Å². The van der Waals surface area contributed by atoms with Crippen molar-refractivity contribution in [2.75, 3.05) is 19.7 Å². The molecular weight excluding hydrogens is 332 g/mol. The molecule has 0 aromatic carbocycles. The predicted octanol–water partition coefficient (Wildman–Crippen LogP) is 2.01. The summed E-state index contributed by atoms with van der Waals surface area (Å²) in [5.41, 5.74) is 2.96. The zero-order valence-corrected chi connectivity index (χ0v) is 15.2. The summed E-state index contributed by atoms with van der Waals surface area (Å²) in [7, 11) is 0. The van der Waals surface area contributed by atoms with Crippen LogP contribution >= 0.6 is 0 Å². The fourth-order valence-corrected chi connectivity index (χ4v) is 3.75. The van der Waals surface area contributed by atoms with E-state index in [1.165, 1.54) is 0 Å². The monoisotopic (exact) mass is 356 g/mol. The first kappa shape index (κ1) is 17.2. The molecule has 1 unspecified atom stereocenters. The van der Waals surface area contributed by atoms with Crippen molar-refractivity contribution < 1.29 is 14.3 Å². The molecular formula is C19H24N4O3. The maximum absolute atomic E-state index is 12.5. The first-order chi connectivity index (χ1) is 12.5. The smallest absolute Gasteiger partial charge is 0.274 e. The van der Waals surface area contributed by atoms with Gasteiger partial charge in [-0.15, -0.1) is 0 Å². The van der Waals surface area contributed by atoms with Crippen LogP contribution in [0.5, 0.6) is 0 Å². The SMILES string of the molecule is Cc1cccc(COC2CCOC3(C2)CN(C(=O)c2nc[nH]c2C)C3)n1. The Bertz CT molecular complexity index is 798. The molecule has 7 heteroatoms. The van der Waals surface area contributed by atoms with Gasteiger partial charge in [0.05, 0.1) is 37.8 Å². The van der Waals surface area contributed by atoms with Crippen molar-refractivity contribution in [3.63, 3.8) is 0 Å². The molecule has 0 radical (unpaired) electrons. The number of nitrogens with zero attached hydrogens (tertiary/aromatic N) is 3. The van der Waals surface area contributed by atoms with Crippen LogP contribution in [0.15, 0.2) is 24.5 Å². The molecule has 2 saturated heterocycles. The number of amides is 1. The number of rotatable bonds is 4. The lowest BCUT2D eigenvalue weighted by molar-refractivity contribution is -0.188. The minimum absolute atomic E-state index is 0.0371. The average molecular weight is 356 g/mol. The van der Waals surface area contributed by atoms with Crippen LogP contribution in [0.25, 0.3) is 0 Å². The lowest BCUT2D eigenvalue weighted by Gasteiger charge is -2.52. The molecule has 4 heterocycles. The number of hydrogen-bond acceptors (Lipinski definition) is 5. The maximum Gasteiger partial charge on any atom is 0.274 e. The Morgan fingerprint density at radius 1 is 1.42 bits per heavy atom. The Kier molecular flexibility index (Phi) is 4.50. The quantitative estimate of drug-likeness (QED) is 0.906. The third-order valence-corrected chi connectivity index (χ3v) is 5.14. The summed E-state index contributed by atoms with van der Waals surface area (Å²) in [4.78, 5) is 25.9. The number of imidazole rings is 1. The molecule has 138 valence electrons. The summed E-state index contributed by atoms with van der Waals surface area (Å²) in [6, 6.07) is 5.96. The van der Waals surface area contributed by atoms with Crippen LogP contribution in [0.3, 0.4) is 0 Å². The number of ether oxygens (including phenoxy) is 2. The summed E-state index contributed by atoms with van der Waals surface area (Å²) >= 11 is 0. The number of hydrogen-bond donors (Lipinski definition) is 1. The molecule has 0 saturated carbocycles. The Labute approximate surface area is 152 Å². The molecule has 1 spiro atoms. The van der Waals surface area contributed by atoms with Gasteiger partial charge in [-0.1, -0.05) is 6.07 Å². The first-order valence-corrected chi connectivity index (χ1v) is 9.02. The van der Waals surface area contributed by atoms with Gasteiger partial charge in [-0.25, -0.2) is 4.98 Å². The summed E-state index contributed by atoms with van der Waals surface area (Å²) in [6.07, 6.45) is 3.37. The molecule has 0 bridgehead atoms. The first-order valence-electron chi connectivity index (χ1n) is 9.02. The molecule has 2 aliphatic rings. The van der Waals surface area contributed by atoms with Crippen molar-refractivity contribution >= 4 is 5.91 Å². The number of likely N-dealkylation sites (tertiary alicyclic amines) is 1. The molecule has 2 aromatic rings. The number of carbonyl (C=O) groups excluding carboxylic acids is 1. The largest absolute Gasteiger partial charge is 0.372 e. The standard InChI is InChI=1S/C19H24N4O3/c1-13-4-3-5-15(22-13)9-25-16-6-7-26-19(8-16)10-23(11-19)18(24)17-14(2)20-12-21-17/h3-5,12,16H,6-11H2,1-2H3,(H,20,21). The van der Waals surface area contributed by atoms with Crippen LogP contribution in [-0.2, 0) is 16.1 Å². The zero-order chi connectivity index (χ0) is 18.1. The number of aromatic amines is 1. The van der Waals surface area contributed by atoms with Crippen LogP contribution in [0.2, 0.25) is 0 Å². The summed E-state index contributed by atoms with van der Waals surface area (Å²) < 4.78 is 12.1. The van der Waals surface area contributed by atoms with E-state index in [2.05, 4.69) is 15.0 Å². The Balaban J connectivity index is 1.32. The summed E-state index contributed by atoms with van der Waals surface area (Å²) in [5, 5.41) is 0. The molecule has 7 nitrogen and oxygen atoms in total. The Hall–Kier alpha value is -2.25. The highest BCUT2D eigenvalue weighted by atomic mass is 16.5. The highest BCUT2D eigenvalue weighted by Gasteiger charge is 2.50. The molecule has 0 aliphatic carbocycles. The molecule has 1 atom stereocenters. The van der Waals surface area contributed by atoms with Gasteiger partial charge in [-0.05, 0) is 32.4 Å². The van der Waals surface area contributed by atoms with E-state index in [4.69, 9.17) is 9.47 Å². The van der Waals surface area contributed by atoms with E-state index in [-0.39, 0.29) is 17.6 Å². The maximum atomic E-state index is 12.5. The fraction of sp³-hybridized carbons (Fsp3) is 0.526. The molecule has 26 heavy (non-hydrogen) atoms. The molecule has 2 fully saturated rings. The van der Waals surface area contributed by atoms with Crippen LogP contribution < -0.4 is 0 Å². The lowest BCUT2D eigenvalue weighted by Crippen LogP contribution is -2.67. The van der Waals surface area contributed by atoms with Crippen LogP contribution in [0, 0.1) is 13.8 Å². The van der Waals surface area contributed by atoms with Crippen LogP contribution in [0.1, 0.15) is 40.4 Å².